The number of fused-ring (bicyclic) bond motifs is 1. The van der Waals surface area contributed by atoms with E-state index >= 15 is 0 Å². The predicted molar refractivity (Wildman–Crippen MR) is 115 cm³/mol. The highest BCUT2D eigenvalue weighted by molar-refractivity contribution is 6.01. The lowest BCUT2D eigenvalue weighted by Gasteiger charge is -2.16. The molecule has 0 aliphatic heterocycles. The van der Waals surface area contributed by atoms with E-state index in [-0.39, 0.29) is 6.10 Å². The van der Waals surface area contributed by atoms with Crippen LogP contribution in [0.3, 0.4) is 0 Å². The first-order valence-electron chi connectivity index (χ1n) is 9.69. The third-order valence-electron chi connectivity index (χ3n) is 4.68. The lowest BCUT2D eigenvalue weighted by molar-refractivity contribution is 0.203. The first kappa shape index (κ1) is 19.5. The number of hydrogen-bond acceptors (Lipinski definition) is 3. The van der Waals surface area contributed by atoms with Gasteiger partial charge in [0.05, 0.1) is 24.4 Å². The minimum atomic E-state index is 0.117. The quantitative estimate of drug-likeness (QED) is 0.352. The molecule has 28 heavy (non-hydrogen) atoms. The third-order valence-corrected chi connectivity index (χ3v) is 4.68. The lowest BCUT2D eigenvalue weighted by Crippen LogP contribution is -2.10. The number of ether oxygens (including phenoxy) is 2. The van der Waals surface area contributed by atoms with Crippen LogP contribution in [0.4, 0.5) is 0 Å². The molecule has 0 saturated heterocycles. The van der Waals surface area contributed by atoms with E-state index in [4.69, 9.17) is 9.47 Å². The molecule has 0 aliphatic rings. The fraction of sp³-hybridized carbons (Fsp3) is 0.240. The molecule has 0 aliphatic carbocycles. The van der Waals surface area contributed by atoms with Crippen LogP contribution in [0.1, 0.15) is 38.3 Å². The SMILES string of the molecule is CCOc1cc(/C=C(/C#N)c2cccc3ccccc23)ccc1O[C@H](C)CC. The van der Waals surface area contributed by atoms with Crippen LogP contribution >= 0.6 is 0 Å². The topological polar surface area (TPSA) is 42.2 Å². The summed E-state index contributed by atoms with van der Waals surface area (Å²) in [7, 11) is 0. The van der Waals surface area contributed by atoms with Crippen molar-refractivity contribution in [3.63, 3.8) is 0 Å². The molecule has 0 bridgehead atoms. The summed E-state index contributed by atoms with van der Waals surface area (Å²) in [6, 6.07) is 22.3. The van der Waals surface area contributed by atoms with Crippen LogP contribution in [0.15, 0.2) is 60.7 Å². The molecule has 0 N–H and O–H groups in total. The molecule has 0 amide bonds. The van der Waals surface area contributed by atoms with Crippen molar-refractivity contribution in [2.24, 2.45) is 0 Å². The zero-order valence-electron chi connectivity index (χ0n) is 16.6. The van der Waals surface area contributed by atoms with Gasteiger partial charge in [-0.15, -0.1) is 0 Å². The van der Waals surface area contributed by atoms with Gasteiger partial charge in [0.15, 0.2) is 11.5 Å². The number of hydrogen-bond donors (Lipinski definition) is 0. The molecule has 3 rings (SSSR count). The molecule has 0 fully saturated rings. The van der Waals surface area contributed by atoms with E-state index in [1.165, 1.54) is 0 Å². The summed E-state index contributed by atoms with van der Waals surface area (Å²) >= 11 is 0. The normalized spacial score (nSPS) is 12.4. The van der Waals surface area contributed by atoms with Crippen molar-refractivity contribution >= 4 is 22.4 Å². The standard InChI is InChI=1S/C25H25NO2/c1-4-18(3)28-24-14-13-19(16-25(24)27-5-2)15-21(17-26)23-12-8-10-20-9-6-7-11-22(20)23/h6-16,18H,4-5H2,1-3H3/b21-15-/t18-/m1/s1. The summed E-state index contributed by atoms with van der Waals surface area (Å²) in [4.78, 5) is 0. The summed E-state index contributed by atoms with van der Waals surface area (Å²) in [6.07, 6.45) is 2.94. The molecule has 3 nitrogen and oxygen atoms in total. The average molecular weight is 371 g/mol. The Bertz CT molecular complexity index is 1020. The van der Waals surface area contributed by atoms with Crippen LogP contribution in [0.5, 0.6) is 11.5 Å². The Balaban J connectivity index is 2.03. The Kier molecular flexibility index (Phi) is 6.34. The molecule has 3 aromatic carbocycles. The highest BCUT2D eigenvalue weighted by atomic mass is 16.5. The molecule has 0 aromatic heterocycles. The van der Waals surface area contributed by atoms with Gasteiger partial charge in [0, 0.05) is 5.56 Å². The maximum absolute atomic E-state index is 9.80. The zero-order chi connectivity index (χ0) is 19.9. The van der Waals surface area contributed by atoms with Gasteiger partial charge >= 0.3 is 0 Å². The second kappa shape index (κ2) is 9.10. The Labute approximate surface area is 166 Å². The molecule has 1 atom stereocenters. The molecule has 0 radical (unpaired) electrons. The molecule has 3 heteroatoms. The Morgan fingerprint density at radius 2 is 1.82 bits per heavy atom. The Morgan fingerprint density at radius 1 is 1.04 bits per heavy atom. The van der Waals surface area contributed by atoms with E-state index in [2.05, 4.69) is 25.1 Å². The van der Waals surface area contributed by atoms with Crippen molar-refractivity contribution in [2.45, 2.75) is 33.3 Å². The first-order valence-corrected chi connectivity index (χ1v) is 9.69. The minimum absolute atomic E-state index is 0.117. The van der Waals surface area contributed by atoms with E-state index in [9.17, 15) is 5.26 Å². The molecular weight excluding hydrogens is 346 g/mol. The molecule has 142 valence electrons. The fourth-order valence-electron chi connectivity index (χ4n) is 3.08. The van der Waals surface area contributed by atoms with E-state index in [0.717, 1.165) is 34.1 Å². The van der Waals surface area contributed by atoms with Crippen molar-refractivity contribution < 1.29 is 9.47 Å². The van der Waals surface area contributed by atoms with Crippen molar-refractivity contribution in [1.82, 2.24) is 0 Å². The molecular formula is C25H25NO2. The van der Waals surface area contributed by atoms with Crippen molar-refractivity contribution in [3.8, 4) is 17.6 Å². The number of rotatable bonds is 7. The van der Waals surface area contributed by atoms with Gasteiger partial charge in [-0.3, -0.25) is 0 Å². The number of benzene rings is 3. The second-order valence-corrected chi connectivity index (χ2v) is 6.67. The van der Waals surface area contributed by atoms with Crippen LogP contribution < -0.4 is 9.47 Å². The van der Waals surface area contributed by atoms with Crippen molar-refractivity contribution in [3.05, 3.63) is 71.8 Å². The average Bonchev–Trinajstić information content (AvgIpc) is 2.73. The Hall–Kier alpha value is -3.25. The zero-order valence-corrected chi connectivity index (χ0v) is 16.6. The smallest absolute Gasteiger partial charge is 0.161 e. The van der Waals surface area contributed by atoms with Crippen LogP contribution in [-0.4, -0.2) is 12.7 Å². The second-order valence-electron chi connectivity index (χ2n) is 6.67. The van der Waals surface area contributed by atoms with E-state index in [1.54, 1.807) is 0 Å². The van der Waals surface area contributed by atoms with Gasteiger partial charge in [0.1, 0.15) is 0 Å². The highest BCUT2D eigenvalue weighted by Gasteiger charge is 2.11. The molecule has 0 unspecified atom stereocenters. The number of nitriles is 1. The summed E-state index contributed by atoms with van der Waals surface area (Å²) in [5, 5.41) is 12.0. The first-order chi connectivity index (χ1) is 13.7. The van der Waals surface area contributed by atoms with Crippen LogP contribution in [0.2, 0.25) is 0 Å². The van der Waals surface area contributed by atoms with Gasteiger partial charge in [-0.05, 0) is 54.8 Å². The van der Waals surface area contributed by atoms with Gasteiger partial charge < -0.3 is 9.47 Å². The maximum atomic E-state index is 9.80. The Morgan fingerprint density at radius 3 is 2.57 bits per heavy atom. The number of allylic oxidation sites excluding steroid dienone is 1. The fourth-order valence-corrected chi connectivity index (χ4v) is 3.08. The minimum Gasteiger partial charge on any atom is -0.490 e. The van der Waals surface area contributed by atoms with E-state index in [1.807, 2.05) is 68.5 Å². The van der Waals surface area contributed by atoms with Crippen LogP contribution in [0.25, 0.3) is 22.4 Å². The van der Waals surface area contributed by atoms with Gasteiger partial charge in [0.25, 0.3) is 0 Å². The molecule has 0 saturated carbocycles. The lowest BCUT2D eigenvalue weighted by atomic mass is 9.97. The van der Waals surface area contributed by atoms with Gasteiger partial charge in [-0.2, -0.15) is 5.26 Å². The van der Waals surface area contributed by atoms with E-state index < -0.39 is 0 Å². The van der Waals surface area contributed by atoms with Gasteiger partial charge in [-0.1, -0.05) is 55.5 Å². The highest BCUT2D eigenvalue weighted by Crippen LogP contribution is 2.32. The summed E-state index contributed by atoms with van der Waals surface area (Å²) < 4.78 is 11.7. The third kappa shape index (κ3) is 4.35. The van der Waals surface area contributed by atoms with Gasteiger partial charge in [-0.25, -0.2) is 0 Å². The van der Waals surface area contributed by atoms with Crippen LogP contribution in [0, 0.1) is 11.3 Å². The summed E-state index contributed by atoms with van der Waals surface area (Å²) in [5.41, 5.74) is 2.46. The summed E-state index contributed by atoms with van der Waals surface area (Å²) in [5.74, 6) is 1.43. The van der Waals surface area contributed by atoms with Gasteiger partial charge in [0.2, 0.25) is 0 Å². The van der Waals surface area contributed by atoms with Crippen molar-refractivity contribution in [1.29, 1.82) is 5.26 Å². The maximum Gasteiger partial charge on any atom is 0.161 e. The monoisotopic (exact) mass is 371 g/mol. The molecule has 0 spiro atoms. The molecule has 3 aromatic rings. The van der Waals surface area contributed by atoms with E-state index in [0.29, 0.717) is 17.9 Å². The predicted octanol–water partition coefficient (Wildman–Crippen LogP) is 6.48. The molecule has 0 heterocycles. The van der Waals surface area contributed by atoms with Crippen molar-refractivity contribution in [2.75, 3.05) is 6.61 Å². The largest absolute Gasteiger partial charge is 0.490 e. The summed E-state index contributed by atoms with van der Waals surface area (Å²) in [6.45, 7) is 6.63. The van der Waals surface area contributed by atoms with Crippen LogP contribution in [-0.2, 0) is 0 Å². The number of nitrogens with zero attached hydrogens (tertiary/aromatic N) is 1.